The molecular weight excluding hydrogens is 240 g/mol. The van der Waals surface area contributed by atoms with Crippen LogP contribution in [-0.4, -0.2) is 23.8 Å². The Morgan fingerprint density at radius 2 is 2.00 bits per heavy atom. The fourth-order valence-corrected chi connectivity index (χ4v) is 2.05. The molecule has 4 heteroatoms. The lowest BCUT2D eigenvalue weighted by Gasteiger charge is -2.15. The first-order valence-corrected chi connectivity index (χ1v) is 6.83. The lowest BCUT2D eigenvalue weighted by molar-refractivity contribution is 0.163. The van der Waals surface area contributed by atoms with E-state index in [4.69, 9.17) is 0 Å². The van der Waals surface area contributed by atoms with Crippen LogP contribution in [0.4, 0.5) is 10.5 Å². The maximum atomic E-state index is 11.8. The summed E-state index contributed by atoms with van der Waals surface area (Å²) in [5, 5.41) is 14.9. The predicted octanol–water partition coefficient (Wildman–Crippen LogP) is 2.78. The number of para-hydroxylation sites is 1. The smallest absolute Gasteiger partial charge is 0.319 e. The molecule has 0 aliphatic carbocycles. The summed E-state index contributed by atoms with van der Waals surface area (Å²) < 4.78 is 0. The van der Waals surface area contributed by atoms with Crippen LogP contribution >= 0.6 is 0 Å². The highest BCUT2D eigenvalue weighted by Crippen LogP contribution is 2.15. The topological polar surface area (TPSA) is 61.4 Å². The summed E-state index contributed by atoms with van der Waals surface area (Å²) in [5.74, 6) is 0.257. The van der Waals surface area contributed by atoms with Gasteiger partial charge in [-0.3, -0.25) is 0 Å². The van der Waals surface area contributed by atoms with Crippen LogP contribution < -0.4 is 10.6 Å². The molecule has 19 heavy (non-hydrogen) atoms. The SMILES string of the molecule is CCc1ccccc1NC(=O)NCC(C)CC(C)O. The number of benzene rings is 1. The number of carbonyl (C=O) groups excluding carboxylic acids is 1. The lowest BCUT2D eigenvalue weighted by atomic mass is 10.1. The molecule has 0 saturated carbocycles. The summed E-state index contributed by atoms with van der Waals surface area (Å²) in [5.41, 5.74) is 1.97. The number of carbonyl (C=O) groups is 1. The van der Waals surface area contributed by atoms with E-state index in [0.717, 1.165) is 17.7 Å². The molecule has 1 rings (SSSR count). The average molecular weight is 264 g/mol. The Labute approximate surface area is 115 Å². The number of urea groups is 1. The minimum Gasteiger partial charge on any atom is -0.393 e. The van der Waals surface area contributed by atoms with E-state index in [0.29, 0.717) is 13.0 Å². The Balaban J connectivity index is 2.43. The molecule has 2 atom stereocenters. The molecule has 1 aromatic carbocycles. The highest BCUT2D eigenvalue weighted by molar-refractivity contribution is 5.90. The molecule has 0 aliphatic heterocycles. The van der Waals surface area contributed by atoms with Gasteiger partial charge in [0.2, 0.25) is 0 Å². The second kappa shape index (κ2) is 7.79. The molecule has 0 bridgehead atoms. The highest BCUT2D eigenvalue weighted by atomic mass is 16.3. The Hall–Kier alpha value is -1.55. The first kappa shape index (κ1) is 15.5. The fourth-order valence-electron chi connectivity index (χ4n) is 2.05. The molecule has 0 fully saturated rings. The molecule has 1 aromatic rings. The number of anilines is 1. The number of amides is 2. The molecule has 2 unspecified atom stereocenters. The van der Waals surface area contributed by atoms with E-state index in [2.05, 4.69) is 17.6 Å². The number of aliphatic hydroxyl groups is 1. The van der Waals surface area contributed by atoms with Crippen LogP contribution in [0.1, 0.15) is 32.8 Å². The normalized spacial score (nSPS) is 13.7. The van der Waals surface area contributed by atoms with Crippen molar-refractivity contribution in [2.75, 3.05) is 11.9 Å². The van der Waals surface area contributed by atoms with Crippen molar-refractivity contribution in [3.63, 3.8) is 0 Å². The average Bonchev–Trinajstić information content (AvgIpc) is 2.36. The van der Waals surface area contributed by atoms with E-state index in [1.54, 1.807) is 6.92 Å². The Morgan fingerprint density at radius 3 is 2.63 bits per heavy atom. The first-order chi connectivity index (χ1) is 9.02. The van der Waals surface area contributed by atoms with Gasteiger partial charge in [0.05, 0.1) is 6.10 Å². The Bertz CT molecular complexity index is 405. The molecule has 3 N–H and O–H groups in total. The molecule has 2 amide bonds. The monoisotopic (exact) mass is 264 g/mol. The summed E-state index contributed by atoms with van der Waals surface area (Å²) in [7, 11) is 0. The zero-order chi connectivity index (χ0) is 14.3. The van der Waals surface area contributed by atoms with Crippen molar-refractivity contribution in [3.8, 4) is 0 Å². The largest absolute Gasteiger partial charge is 0.393 e. The lowest BCUT2D eigenvalue weighted by Crippen LogP contribution is -2.33. The molecule has 0 radical (unpaired) electrons. The van der Waals surface area contributed by atoms with Crippen molar-refractivity contribution in [2.45, 2.75) is 39.7 Å². The van der Waals surface area contributed by atoms with Gasteiger partial charge in [-0.05, 0) is 37.3 Å². The maximum Gasteiger partial charge on any atom is 0.319 e. The summed E-state index contributed by atoms with van der Waals surface area (Å²) in [6.45, 7) is 6.38. The number of rotatable bonds is 6. The molecule has 0 aromatic heterocycles. The molecular formula is C15H24N2O2. The first-order valence-electron chi connectivity index (χ1n) is 6.83. The summed E-state index contributed by atoms with van der Waals surface area (Å²) >= 11 is 0. The van der Waals surface area contributed by atoms with E-state index < -0.39 is 0 Å². The van der Waals surface area contributed by atoms with Gasteiger partial charge < -0.3 is 15.7 Å². The molecule has 0 saturated heterocycles. The van der Waals surface area contributed by atoms with Gasteiger partial charge in [0.15, 0.2) is 0 Å². The van der Waals surface area contributed by atoms with Crippen molar-refractivity contribution >= 4 is 11.7 Å². The van der Waals surface area contributed by atoms with Crippen LogP contribution in [0.15, 0.2) is 24.3 Å². The van der Waals surface area contributed by atoms with Gasteiger partial charge in [-0.15, -0.1) is 0 Å². The van der Waals surface area contributed by atoms with E-state index in [1.165, 1.54) is 0 Å². The summed E-state index contributed by atoms with van der Waals surface area (Å²) in [6.07, 6.45) is 1.24. The second-order valence-electron chi connectivity index (χ2n) is 5.04. The molecule has 0 heterocycles. The minimum absolute atomic E-state index is 0.196. The third-order valence-corrected chi connectivity index (χ3v) is 3.00. The van der Waals surface area contributed by atoms with Crippen molar-refractivity contribution in [2.24, 2.45) is 5.92 Å². The van der Waals surface area contributed by atoms with Crippen LogP contribution in [-0.2, 0) is 6.42 Å². The van der Waals surface area contributed by atoms with Gasteiger partial charge in [-0.25, -0.2) is 4.79 Å². The number of hydrogen-bond acceptors (Lipinski definition) is 2. The van der Waals surface area contributed by atoms with Crippen molar-refractivity contribution in [1.29, 1.82) is 0 Å². The number of aryl methyl sites for hydroxylation is 1. The van der Waals surface area contributed by atoms with Crippen molar-refractivity contribution < 1.29 is 9.90 Å². The van der Waals surface area contributed by atoms with Crippen LogP contribution in [0.25, 0.3) is 0 Å². The number of aliphatic hydroxyl groups excluding tert-OH is 1. The summed E-state index contributed by atoms with van der Waals surface area (Å²) in [6, 6.07) is 7.58. The van der Waals surface area contributed by atoms with Crippen LogP contribution in [0, 0.1) is 5.92 Å². The molecule has 106 valence electrons. The van der Waals surface area contributed by atoms with Crippen molar-refractivity contribution in [3.05, 3.63) is 29.8 Å². The van der Waals surface area contributed by atoms with Gasteiger partial charge >= 0.3 is 6.03 Å². The van der Waals surface area contributed by atoms with Gasteiger partial charge in [0.1, 0.15) is 0 Å². The van der Waals surface area contributed by atoms with Gasteiger partial charge in [-0.2, -0.15) is 0 Å². The second-order valence-corrected chi connectivity index (χ2v) is 5.04. The van der Waals surface area contributed by atoms with E-state index in [-0.39, 0.29) is 18.1 Å². The highest BCUT2D eigenvalue weighted by Gasteiger charge is 2.09. The van der Waals surface area contributed by atoms with E-state index in [1.807, 2.05) is 31.2 Å². The number of nitrogens with one attached hydrogen (secondary N) is 2. The minimum atomic E-state index is -0.333. The molecule has 4 nitrogen and oxygen atoms in total. The standard InChI is InChI=1S/C15H24N2O2/c1-4-13-7-5-6-8-14(13)17-15(19)16-10-11(2)9-12(3)18/h5-8,11-12,18H,4,9-10H2,1-3H3,(H2,16,17,19). The maximum absolute atomic E-state index is 11.8. The molecule has 0 spiro atoms. The zero-order valence-electron chi connectivity index (χ0n) is 11.9. The van der Waals surface area contributed by atoms with Gasteiger partial charge in [0.25, 0.3) is 0 Å². The Kier molecular flexibility index (Phi) is 6.36. The van der Waals surface area contributed by atoms with Crippen LogP contribution in [0.3, 0.4) is 0 Å². The van der Waals surface area contributed by atoms with Crippen molar-refractivity contribution in [1.82, 2.24) is 5.32 Å². The third kappa shape index (κ3) is 5.75. The quantitative estimate of drug-likeness (QED) is 0.740. The van der Waals surface area contributed by atoms with E-state index in [9.17, 15) is 9.90 Å². The van der Waals surface area contributed by atoms with Crippen LogP contribution in [0.2, 0.25) is 0 Å². The zero-order valence-corrected chi connectivity index (χ0v) is 11.9. The number of hydrogen-bond donors (Lipinski definition) is 3. The van der Waals surface area contributed by atoms with Crippen LogP contribution in [0.5, 0.6) is 0 Å². The summed E-state index contributed by atoms with van der Waals surface area (Å²) in [4.78, 5) is 11.8. The predicted molar refractivity (Wildman–Crippen MR) is 78.3 cm³/mol. The van der Waals surface area contributed by atoms with Gasteiger partial charge in [-0.1, -0.05) is 32.0 Å². The van der Waals surface area contributed by atoms with Gasteiger partial charge in [0, 0.05) is 12.2 Å². The fraction of sp³-hybridized carbons (Fsp3) is 0.533. The van der Waals surface area contributed by atoms with E-state index >= 15 is 0 Å². The Morgan fingerprint density at radius 1 is 1.32 bits per heavy atom. The third-order valence-electron chi connectivity index (χ3n) is 3.00. The molecule has 0 aliphatic rings.